The van der Waals surface area contributed by atoms with Crippen molar-refractivity contribution in [3.8, 4) is 0 Å². The number of hydrogen-bond acceptors (Lipinski definition) is 2. The van der Waals surface area contributed by atoms with Crippen molar-refractivity contribution >= 4 is 23.2 Å². The molecule has 2 amide bonds. The molecule has 0 aromatic heterocycles. The maximum atomic E-state index is 12.9. The van der Waals surface area contributed by atoms with Gasteiger partial charge in [0, 0.05) is 24.2 Å². The third-order valence-electron chi connectivity index (χ3n) is 5.97. The normalized spacial score (nSPS) is 14.9. The summed E-state index contributed by atoms with van der Waals surface area (Å²) >= 11 is 0. The van der Waals surface area contributed by atoms with Crippen LogP contribution in [0, 0.1) is 0 Å². The number of carbonyl (C=O) groups is 2. The van der Waals surface area contributed by atoms with Crippen LogP contribution in [-0.2, 0) is 24.1 Å². The summed E-state index contributed by atoms with van der Waals surface area (Å²) in [6.45, 7) is 0.804. The van der Waals surface area contributed by atoms with Crippen molar-refractivity contribution in [2.75, 3.05) is 16.8 Å². The van der Waals surface area contributed by atoms with Crippen molar-refractivity contribution in [2.45, 2.75) is 32.1 Å². The van der Waals surface area contributed by atoms with E-state index in [9.17, 15) is 9.59 Å². The zero-order valence-corrected chi connectivity index (χ0v) is 16.9. The van der Waals surface area contributed by atoms with Crippen LogP contribution in [0.2, 0.25) is 0 Å². The Kier molecular flexibility index (Phi) is 4.83. The van der Waals surface area contributed by atoms with Gasteiger partial charge in [-0.25, -0.2) is 0 Å². The average molecular weight is 396 g/mol. The first-order valence-electron chi connectivity index (χ1n) is 10.6. The van der Waals surface area contributed by atoms with E-state index in [1.54, 1.807) is 0 Å². The fourth-order valence-corrected chi connectivity index (χ4v) is 4.58. The first-order chi connectivity index (χ1) is 14.7. The smallest absolute Gasteiger partial charge is 0.255 e. The lowest BCUT2D eigenvalue weighted by Gasteiger charge is -2.35. The molecule has 0 radical (unpaired) electrons. The van der Waals surface area contributed by atoms with Crippen LogP contribution in [0.1, 0.15) is 45.5 Å². The van der Waals surface area contributed by atoms with Gasteiger partial charge in [0.2, 0.25) is 5.91 Å². The molecule has 2 heterocycles. The van der Waals surface area contributed by atoms with E-state index in [-0.39, 0.29) is 11.8 Å². The second-order valence-electron chi connectivity index (χ2n) is 8.11. The maximum absolute atomic E-state index is 12.9. The van der Waals surface area contributed by atoms with Gasteiger partial charge in [-0.15, -0.1) is 0 Å². The zero-order valence-electron chi connectivity index (χ0n) is 16.9. The lowest BCUT2D eigenvalue weighted by molar-refractivity contribution is -0.119. The summed E-state index contributed by atoms with van der Waals surface area (Å²) in [6.07, 6.45) is 4.01. The van der Waals surface area contributed by atoms with Gasteiger partial charge in [-0.2, -0.15) is 0 Å². The Bertz CT molecular complexity index is 1100. The Balaban J connectivity index is 1.37. The van der Waals surface area contributed by atoms with Gasteiger partial charge < -0.3 is 10.2 Å². The molecule has 2 aliphatic rings. The quantitative estimate of drug-likeness (QED) is 0.692. The number of carbonyl (C=O) groups excluding carboxylic acids is 2. The molecular formula is C26H24N2O2. The summed E-state index contributed by atoms with van der Waals surface area (Å²) in [5.41, 5.74) is 7.23. The third kappa shape index (κ3) is 3.61. The van der Waals surface area contributed by atoms with Crippen LogP contribution in [0.25, 0.3) is 0 Å². The van der Waals surface area contributed by atoms with E-state index in [4.69, 9.17) is 0 Å². The molecule has 3 aromatic rings. The minimum absolute atomic E-state index is 0.100. The number of nitrogens with zero attached hydrogens (tertiary/aromatic N) is 1. The molecule has 0 unspecified atom stereocenters. The van der Waals surface area contributed by atoms with Gasteiger partial charge in [0.1, 0.15) is 0 Å². The van der Waals surface area contributed by atoms with Crippen molar-refractivity contribution < 1.29 is 9.59 Å². The van der Waals surface area contributed by atoms with E-state index >= 15 is 0 Å². The first kappa shape index (κ1) is 18.6. The largest absolute Gasteiger partial charge is 0.322 e. The van der Waals surface area contributed by atoms with E-state index in [1.807, 2.05) is 53.4 Å². The van der Waals surface area contributed by atoms with Gasteiger partial charge in [-0.05, 0) is 72.2 Å². The standard InChI is InChI=1S/C26H24N2O2/c29-24-12-11-21-17-23(16-20-10-5-13-28(24)25(20)21)27-26(30)22-9-4-8-19(15-22)14-18-6-2-1-3-7-18/h1-4,6-9,15-17H,5,10-14H2,(H,27,30). The molecule has 3 aromatic carbocycles. The van der Waals surface area contributed by atoms with Gasteiger partial charge in [0.05, 0.1) is 5.69 Å². The van der Waals surface area contributed by atoms with E-state index in [0.29, 0.717) is 12.0 Å². The van der Waals surface area contributed by atoms with Crippen LogP contribution in [0.3, 0.4) is 0 Å². The van der Waals surface area contributed by atoms with Crippen molar-refractivity contribution in [3.05, 3.63) is 94.5 Å². The van der Waals surface area contributed by atoms with Crippen LogP contribution < -0.4 is 10.2 Å². The van der Waals surface area contributed by atoms with Gasteiger partial charge >= 0.3 is 0 Å². The molecule has 0 spiro atoms. The molecule has 0 aliphatic carbocycles. The highest BCUT2D eigenvalue weighted by Gasteiger charge is 2.29. The molecule has 30 heavy (non-hydrogen) atoms. The van der Waals surface area contributed by atoms with Crippen LogP contribution in [0.5, 0.6) is 0 Å². The number of hydrogen-bond donors (Lipinski definition) is 1. The number of nitrogens with one attached hydrogen (secondary N) is 1. The minimum atomic E-state index is -0.100. The molecule has 5 rings (SSSR count). The lowest BCUT2D eigenvalue weighted by atomic mass is 9.91. The summed E-state index contributed by atoms with van der Waals surface area (Å²) in [5, 5.41) is 3.08. The molecule has 0 saturated heterocycles. The Labute approximate surface area is 176 Å². The fraction of sp³-hybridized carbons (Fsp3) is 0.231. The van der Waals surface area contributed by atoms with Crippen LogP contribution in [0.4, 0.5) is 11.4 Å². The first-order valence-corrected chi connectivity index (χ1v) is 10.6. The molecule has 150 valence electrons. The number of amides is 2. The number of anilines is 2. The van der Waals surface area contributed by atoms with E-state index in [2.05, 4.69) is 23.5 Å². The van der Waals surface area contributed by atoms with Gasteiger partial charge in [0.15, 0.2) is 0 Å². The van der Waals surface area contributed by atoms with Crippen molar-refractivity contribution in [3.63, 3.8) is 0 Å². The monoisotopic (exact) mass is 396 g/mol. The summed E-state index contributed by atoms with van der Waals surface area (Å²) in [6, 6.07) is 22.1. The Morgan fingerprint density at radius 2 is 1.63 bits per heavy atom. The highest BCUT2D eigenvalue weighted by Crippen LogP contribution is 2.38. The SMILES string of the molecule is O=C(Nc1cc2c3c(c1)CCC(=O)N3CCC2)c1cccc(Cc2ccccc2)c1. The van der Waals surface area contributed by atoms with E-state index in [0.717, 1.165) is 49.2 Å². The molecule has 2 aliphatic heterocycles. The summed E-state index contributed by atoms with van der Waals surface area (Å²) in [5.74, 6) is 0.118. The lowest BCUT2D eigenvalue weighted by Crippen LogP contribution is -2.39. The number of rotatable bonds is 4. The molecule has 4 nitrogen and oxygen atoms in total. The van der Waals surface area contributed by atoms with Crippen molar-refractivity contribution in [2.24, 2.45) is 0 Å². The summed E-state index contributed by atoms with van der Waals surface area (Å²) in [4.78, 5) is 27.1. The van der Waals surface area contributed by atoms with E-state index < -0.39 is 0 Å². The Morgan fingerprint density at radius 3 is 2.47 bits per heavy atom. The molecular weight excluding hydrogens is 372 g/mol. The third-order valence-corrected chi connectivity index (χ3v) is 5.97. The summed E-state index contributed by atoms with van der Waals surface area (Å²) < 4.78 is 0. The highest BCUT2D eigenvalue weighted by molar-refractivity contribution is 6.05. The predicted octanol–water partition coefficient (Wildman–Crippen LogP) is 4.76. The molecule has 0 bridgehead atoms. The second-order valence-corrected chi connectivity index (χ2v) is 8.11. The highest BCUT2D eigenvalue weighted by atomic mass is 16.2. The maximum Gasteiger partial charge on any atom is 0.255 e. The Morgan fingerprint density at radius 1 is 0.867 bits per heavy atom. The van der Waals surface area contributed by atoms with Crippen LogP contribution in [0.15, 0.2) is 66.7 Å². The topological polar surface area (TPSA) is 49.4 Å². The molecule has 0 fully saturated rings. The number of benzene rings is 3. The van der Waals surface area contributed by atoms with Gasteiger partial charge in [0.25, 0.3) is 5.91 Å². The van der Waals surface area contributed by atoms with Crippen LogP contribution in [-0.4, -0.2) is 18.4 Å². The van der Waals surface area contributed by atoms with Crippen molar-refractivity contribution in [1.82, 2.24) is 0 Å². The molecule has 4 heteroatoms. The average Bonchev–Trinajstić information content (AvgIpc) is 2.77. The minimum Gasteiger partial charge on any atom is -0.322 e. The number of aryl methyl sites for hydroxylation is 2. The zero-order chi connectivity index (χ0) is 20.5. The molecule has 1 N–H and O–H groups in total. The predicted molar refractivity (Wildman–Crippen MR) is 119 cm³/mol. The van der Waals surface area contributed by atoms with Crippen molar-refractivity contribution in [1.29, 1.82) is 0 Å². The van der Waals surface area contributed by atoms with Crippen LogP contribution >= 0.6 is 0 Å². The van der Waals surface area contributed by atoms with E-state index in [1.165, 1.54) is 16.7 Å². The fourth-order valence-electron chi connectivity index (χ4n) is 4.58. The molecule has 0 saturated carbocycles. The Hall–Kier alpha value is -3.40. The second kappa shape index (κ2) is 7.79. The summed E-state index contributed by atoms with van der Waals surface area (Å²) in [7, 11) is 0. The van der Waals surface area contributed by atoms with Gasteiger partial charge in [-0.1, -0.05) is 42.5 Å². The van der Waals surface area contributed by atoms with Gasteiger partial charge in [-0.3, -0.25) is 9.59 Å². The molecule has 0 atom stereocenters.